The molecule has 36 heavy (non-hydrogen) atoms. The Morgan fingerprint density at radius 3 is 2.56 bits per heavy atom. The summed E-state index contributed by atoms with van der Waals surface area (Å²) < 4.78 is 20.2. The number of hydrogen-bond acceptors (Lipinski definition) is 5. The molecule has 3 aromatic rings. The molecular weight excluding hydrogens is 461 g/mol. The van der Waals surface area contributed by atoms with Crippen molar-refractivity contribution in [3.05, 3.63) is 82.4 Å². The number of aryl methyl sites for hydroxylation is 1. The summed E-state index contributed by atoms with van der Waals surface area (Å²) in [5, 5.41) is 7.51. The van der Waals surface area contributed by atoms with Crippen molar-refractivity contribution in [2.75, 3.05) is 26.7 Å². The molecule has 190 valence electrons. The Morgan fingerprint density at radius 1 is 1.14 bits per heavy atom. The summed E-state index contributed by atoms with van der Waals surface area (Å²) in [7, 11) is 1.68. The van der Waals surface area contributed by atoms with Crippen LogP contribution in [0.5, 0.6) is 0 Å². The molecule has 1 aromatic heterocycles. The van der Waals surface area contributed by atoms with Gasteiger partial charge in [0.1, 0.15) is 12.4 Å². The number of halogens is 1. The van der Waals surface area contributed by atoms with Crippen LogP contribution in [-0.4, -0.2) is 58.3 Å². The van der Waals surface area contributed by atoms with Crippen molar-refractivity contribution < 1.29 is 18.7 Å². The number of nitrogens with zero attached hydrogens (tertiary/aromatic N) is 4. The third-order valence-electron chi connectivity index (χ3n) is 6.24. The predicted molar refractivity (Wildman–Crippen MR) is 134 cm³/mol. The second-order valence-corrected chi connectivity index (χ2v) is 9.03. The van der Waals surface area contributed by atoms with E-state index in [0.29, 0.717) is 19.6 Å². The van der Waals surface area contributed by atoms with Crippen molar-refractivity contribution in [1.29, 1.82) is 0 Å². The molecule has 0 saturated carbocycles. The Hall–Kier alpha value is -3.72. The van der Waals surface area contributed by atoms with Gasteiger partial charge in [0.05, 0.1) is 30.2 Å². The molecule has 2 aromatic carbocycles. The van der Waals surface area contributed by atoms with Gasteiger partial charge in [0.25, 0.3) is 0 Å². The minimum atomic E-state index is -0.475. The second kappa shape index (κ2) is 11.3. The molecule has 0 radical (unpaired) electrons. The largest absolute Gasteiger partial charge is 0.465 e. The van der Waals surface area contributed by atoms with E-state index < -0.39 is 5.97 Å². The van der Waals surface area contributed by atoms with Gasteiger partial charge in [-0.3, -0.25) is 9.69 Å². The van der Waals surface area contributed by atoms with Crippen molar-refractivity contribution in [2.24, 2.45) is 0 Å². The van der Waals surface area contributed by atoms with Gasteiger partial charge in [-0.2, -0.15) is 5.10 Å². The maximum absolute atomic E-state index is 13.3. The number of nitrogens with one attached hydrogen (secondary N) is 1. The summed E-state index contributed by atoms with van der Waals surface area (Å²) in [5.74, 6) is -0.720. The van der Waals surface area contributed by atoms with Crippen LogP contribution in [0, 0.1) is 12.7 Å². The van der Waals surface area contributed by atoms with Crippen molar-refractivity contribution in [3.8, 4) is 5.69 Å². The third kappa shape index (κ3) is 6.09. The van der Waals surface area contributed by atoms with Gasteiger partial charge in [0.2, 0.25) is 0 Å². The summed E-state index contributed by atoms with van der Waals surface area (Å²) in [6, 6.07) is 14.4. The lowest BCUT2D eigenvalue weighted by atomic mass is 10.0. The molecule has 2 heterocycles. The Labute approximate surface area is 210 Å². The van der Waals surface area contributed by atoms with E-state index in [9.17, 15) is 14.0 Å². The Balaban J connectivity index is 1.55. The minimum absolute atomic E-state index is 0.182. The zero-order valence-corrected chi connectivity index (χ0v) is 21.0. The number of hydrogen-bond donors (Lipinski definition) is 1. The number of rotatable bonds is 8. The SMILES string of the molecule is CCOC(=O)CNC(=O)N(C)Cc1nn(-c2ccc(C)cc2)c2c1CN(Cc1ccc(F)cc1)CC2. The lowest BCUT2D eigenvalue weighted by molar-refractivity contribution is -0.141. The molecule has 0 aliphatic carbocycles. The van der Waals surface area contributed by atoms with E-state index in [1.807, 2.05) is 35.9 Å². The number of carbonyl (C=O) groups excluding carboxylic acids is 2. The van der Waals surface area contributed by atoms with Crippen LogP contribution < -0.4 is 5.32 Å². The molecule has 0 atom stereocenters. The average molecular weight is 494 g/mol. The minimum Gasteiger partial charge on any atom is -0.465 e. The molecule has 1 aliphatic rings. The number of esters is 1. The number of fused-ring (bicyclic) bond motifs is 1. The second-order valence-electron chi connectivity index (χ2n) is 9.03. The smallest absolute Gasteiger partial charge is 0.325 e. The quantitative estimate of drug-likeness (QED) is 0.486. The summed E-state index contributed by atoms with van der Waals surface area (Å²) in [5.41, 5.74) is 6.22. The van der Waals surface area contributed by atoms with Crippen LogP contribution in [0.1, 0.15) is 35.0 Å². The van der Waals surface area contributed by atoms with Gasteiger partial charge in [-0.15, -0.1) is 0 Å². The van der Waals surface area contributed by atoms with E-state index in [0.717, 1.165) is 41.2 Å². The molecule has 1 aliphatic heterocycles. The topological polar surface area (TPSA) is 79.7 Å². The number of aromatic nitrogens is 2. The number of amides is 2. The lowest BCUT2D eigenvalue weighted by Gasteiger charge is -2.28. The summed E-state index contributed by atoms with van der Waals surface area (Å²) >= 11 is 0. The molecule has 9 heteroatoms. The van der Waals surface area contributed by atoms with Gasteiger partial charge < -0.3 is 15.0 Å². The molecule has 4 rings (SSSR count). The fraction of sp³-hybridized carbons (Fsp3) is 0.370. The van der Waals surface area contributed by atoms with E-state index in [4.69, 9.17) is 9.84 Å². The molecular formula is C27H32FN5O3. The van der Waals surface area contributed by atoms with E-state index in [2.05, 4.69) is 22.3 Å². The first-order valence-corrected chi connectivity index (χ1v) is 12.1. The van der Waals surface area contributed by atoms with E-state index >= 15 is 0 Å². The molecule has 0 unspecified atom stereocenters. The van der Waals surface area contributed by atoms with Crippen LogP contribution in [0.3, 0.4) is 0 Å². The van der Waals surface area contributed by atoms with Gasteiger partial charge in [0, 0.05) is 38.7 Å². The highest BCUT2D eigenvalue weighted by atomic mass is 19.1. The molecule has 0 bridgehead atoms. The summed E-state index contributed by atoms with van der Waals surface area (Å²) in [4.78, 5) is 28.0. The number of ether oxygens (including phenoxy) is 1. The van der Waals surface area contributed by atoms with Crippen molar-refractivity contribution in [1.82, 2.24) is 24.9 Å². The molecule has 8 nitrogen and oxygen atoms in total. The molecule has 0 saturated heterocycles. The Kier molecular flexibility index (Phi) is 8.00. The first-order chi connectivity index (χ1) is 17.3. The van der Waals surface area contributed by atoms with Crippen molar-refractivity contribution >= 4 is 12.0 Å². The van der Waals surface area contributed by atoms with Crippen LogP contribution in [0.15, 0.2) is 48.5 Å². The van der Waals surface area contributed by atoms with E-state index in [1.54, 1.807) is 14.0 Å². The Morgan fingerprint density at radius 2 is 1.86 bits per heavy atom. The summed E-state index contributed by atoms with van der Waals surface area (Å²) in [6.07, 6.45) is 0.802. The first kappa shape index (κ1) is 25.4. The van der Waals surface area contributed by atoms with Gasteiger partial charge in [-0.25, -0.2) is 13.9 Å². The zero-order valence-electron chi connectivity index (χ0n) is 21.0. The molecule has 0 fully saturated rings. The first-order valence-electron chi connectivity index (χ1n) is 12.1. The normalized spacial score (nSPS) is 13.2. The number of carbonyl (C=O) groups is 2. The highest BCUT2D eigenvalue weighted by Gasteiger charge is 2.27. The highest BCUT2D eigenvalue weighted by Crippen LogP contribution is 2.27. The van der Waals surface area contributed by atoms with Gasteiger partial charge >= 0.3 is 12.0 Å². The standard InChI is InChI=1S/C27H32FN5O3/c1-4-36-26(34)15-29-27(35)31(3)18-24-23-17-32(16-20-7-9-21(28)10-8-20)14-13-25(23)33(30-24)22-11-5-19(2)6-12-22/h5-12H,4,13-18H2,1-3H3,(H,29,35). The lowest BCUT2D eigenvalue weighted by Crippen LogP contribution is -2.40. The van der Waals surface area contributed by atoms with Gasteiger partial charge in [-0.05, 0) is 43.7 Å². The maximum Gasteiger partial charge on any atom is 0.325 e. The van der Waals surface area contributed by atoms with Crippen molar-refractivity contribution in [3.63, 3.8) is 0 Å². The number of urea groups is 1. The predicted octanol–water partition coefficient (Wildman–Crippen LogP) is 3.58. The fourth-order valence-electron chi connectivity index (χ4n) is 4.34. The third-order valence-corrected chi connectivity index (χ3v) is 6.24. The Bertz CT molecular complexity index is 1210. The number of benzene rings is 2. The van der Waals surface area contributed by atoms with Crippen LogP contribution in [0.25, 0.3) is 5.69 Å². The van der Waals surface area contributed by atoms with E-state index in [-0.39, 0.29) is 25.0 Å². The summed E-state index contributed by atoms with van der Waals surface area (Å²) in [6.45, 7) is 6.36. The van der Waals surface area contributed by atoms with Gasteiger partial charge in [0.15, 0.2) is 0 Å². The zero-order chi connectivity index (χ0) is 25.7. The average Bonchev–Trinajstić information content (AvgIpc) is 3.22. The van der Waals surface area contributed by atoms with E-state index in [1.165, 1.54) is 22.6 Å². The van der Waals surface area contributed by atoms with Crippen LogP contribution in [0.4, 0.5) is 9.18 Å². The molecule has 0 spiro atoms. The fourth-order valence-corrected chi connectivity index (χ4v) is 4.34. The molecule has 2 amide bonds. The van der Waals surface area contributed by atoms with Crippen LogP contribution in [0.2, 0.25) is 0 Å². The molecule has 1 N–H and O–H groups in total. The van der Waals surface area contributed by atoms with Gasteiger partial charge in [-0.1, -0.05) is 29.8 Å². The maximum atomic E-state index is 13.3. The van der Waals surface area contributed by atoms with Crippen LogP contribution in [-0.2, 0) is 35.6 Å². The monoisotopic (exact) mass is 493 g/mol. The van der Waals surface area contributed by atoms with Crippen LogP contribution >= 0.6 is 0 Å². The van der Waals surface area contributed by atoms with Crippen molar-refractivity contribution in [2.45, 2.75) is 39.9 Å². The highest BCUT2D eigenvalue weighted by molar-refractivity contribution is 5.80.